The Bertz CT molecular complexity index is 728. The zero-order valence-corrected chi connectivity index (χ0v) is 14.9. The van der Waals surface area contributed by atoms with Gasteiger partial charge in [0.2, 0.25) is 0 Å². The number of carbonyl (C=O) groups is 1. The van der Waals surface area contributed by atoms with Crippen LogP contribution in [-0.2, 0) is 4.74 Å². The molecule has 132 valence electrons. The molecule has 1 fully saturated rings. The molecule has 1 aliphatic heterocycles. The third-order valence-electron chi connectivity index (χ3n) is 4.00. The maximum absolute atomic E-state index is 12.4. The number of benzene rings is 2. The quantitative estimate of drug-likeness (QED) is 0.880. The molecule has 0 saturated carbocycles. The highest BCUT2D eigenvalue weighted by molar-refractivity contribution is 6.32. The molecule has 1 saturated heterocycles. The Balaban J connectivity index is 1.65. The average molecular weight is 361 g/mol. The predicted molar refractivity (Wildman–Crippen MR) is 100 cm³/mol. The van der Waals surface area contributed by atoms with Gasteiger partial charge in [-0.3, -0.25) is 4.79 Å². The molecule has 1 heterocycles. The summed E-state index contributed by atoms with van der Waals surface area (Å²) in [5, 5.41) is 3.31. The van der Waals surface area contributed by atoms with E-state index in [-0.39, 0.29) is 5.91 Å². The number of nitrogens with one attached hydrogen (secondary N) is 1. The average Bonchev–Trinajstić information content (AvgIpc) is 2.65. The van der Waals surface area contributed by atoms with Gasteiger partial charge in [-0.1, -0.05) is 11.6 Å². The third-order valence-corrected chi connectivity index (χ3v) is 4.29. The van der Waals surface area contributed by atoms with E-state index in [2.05, 4.69) is 10.2 Å². The number of hydrogen-bond acceptors (Lipinski definition) is 4. The molecule has 0 bridgehead atoms. The number of amides is 1. The topological polar surface area (TPSA) is 50.8 Å². The van der Waals surface area contributed by atoms with Crippen LogP contribution < -0.4 is 15.0 Å². The fraction of sp³-hybridized carbons (Fsp3) is 0.316. The van der Waals surface area contributed by atoms with Gasteiger partial charge in [0, 0.05) is 30.0 Å². The number of anilines is 2. The number of morpholine rings is 1. The highest BCUT2D eigenvalue weighted by atomic mass is 35.5. The van der Waals surface area contributed by atoms with Crippen molar-refractivity contribution in [3.05, 3.63) is 53.1 Å². The summed E-state index contributed by atoms with van der Waals surface area (Å²) in [4.78, 5) is 14.6. The minimum absolute atomic E-state index is 0.205. The normalized spacial score (nSPS) is 14.2. The molecular weight excluding hydrogens is 340 g/mol. The lowest BCUT2D eigenvalue weighted by molar-refractivity contribution is 0.102. The van der Waals surface area contributed by atoms with Crippen LogP contribution in [0.5, 0.6) is 5.75 Å². The first-order valence-electron chi connectivity index (χ1n) is 8.34. The van der Waals surface area contributed by atoms with Crippen LogP contribution in [0.25, 0.3) is 0 Å². The molecule has 0 atom stereocenters. The first-order chi connectivity index (χ1) is 12.2. The van der Waals surface area contributed by atoms with Crippen molar-refractivity contribution in [3.63, 3.8) is 0 Å². The van der Waals surface area contributed by atoms with E-state index in [1.54, 1.807) is 18.2 Å². The lowest BCUT2D eigenvalue weighted by atomic mass is 10.2. The van der Waals surface area contributed by atoms with E-state index in [0.29, 0.717) is 22.9 Å². The maximum Gasteiger partial charge on any atom is 0.255 e. The summed E-state index contributed by atoms with van der Waals surface area (Å²) in [7, 11) is 0. The van der Waals surface area contributed by atoms with Gasteiger partial charge in [0.1, 0.15) is 5.75 Å². The molecule has 25 heavy (non-hydrogen) atoms. The number of carbonyl (C=O) groups excluding carboxylic acids is 1. The first-order valence-corrected chi connectivity index (χ1v) is 8.71. The molecule has 0 spiro atoms. The van der Waals surface area contributed by atoms with E-state index in [0.717, 1.165) is 37.7 Å². The Hall–Kier alpha value is -2.24. The van der Waals surface area contributed by atoms with Gasteiger partial charge in [-0.15, -0.1) is 0 Å². The predicted octanol–water partition coefficient (Wildman–Crippen LogP) is 3.83. The molecule has 1 N–H and O–H groups in total. The zero-order chi connectivity index (χ0) is 17.6. The van der Waals surface area contributed by atoms with Crippen LogP contribution in [0.3, 0.4) is 0 Å². The second-order valence-electron chi connectivity index (χ2n) is 5.68. The minimum atomic E-state index is -0.205. The van der Waals surface area contributed by atoms with Crippen LogP contribution in [0, 0.1) is 0 Å². The standard InChI is InChI=1S/C19H21ClN2O3/c1-2-25-18-8-3-14(13-17(18)20)19(23)21-15-4-6-16(7-5-15)22-9-11-24-12-10-22/h3-8,13H,2,9-12H2,1H3,(H,21,23). The summed E-state index contributed by atoms with van der Waals surface area (Å²) >= 11 is 6.14. The highest BCUT2D eigenvalue weighted by Crippen LogP contribution is 2.26. The van der Waals surface area contributed by atoms with Crippen molar-refractivity contribution in [2.45, 2.75) is 6.92 Å². The summed E-state index contributed by atoms with van der Waals surface area (Å²) < 4.78 is 10.7. The van der Waals surface area contributed by atoms with Crippen LogP contribution in [0.4, 0.5) is 11.4 Å². The Morgan fingerprint density at radius 3 is 2.56 bits per heavy atom. The van der Waals surface area contributed by atoms with Gasteiger partial charge in [-0.05, 0) is 49.4 Å². The molecule has 3 rings (SSSR count). The lowest BCUT2D eigenvalue weighted by Crippen LogP contribution is -2.36. The van der Waals surface area contributed by atoms with Crippen molar-refractivity contribution in [2.24, 2.45) is 0 Å². The maximum atomic E-state index is 12.4. The van der Waals surface area contributed by atoms with E-state index >= 15 is 0 Å². The second-order valence-corrected chi connectivity index (χ2v) is 6.09. The fourth-order valence-corrected chi connectivity index (χ4v) is 2.93. The minimum Gasteiger partial charge on any atom is -0.492 e. The van der Waals surface area contributed by atoms with E-state index in [1.807, 2.05) is 31.2 Å². The van der Waals surface area contributed by atoms with Gasteiger partial charge >= 0.3 is 0 Å². The summed E-state index contributed by atoms with van der Waals surface area (Å²) in [5.41, 5.74) is 2.36. The number of ether oxygens (including phenoxy) is 2. The molecule has 1 amide bonds. The first kappa shape index (κ1) is 17.6. The zero-order valence-electron chi connectivity index (χ0n) is 14.1. The van der Waals surface area contributed by atoms with Crippen molar-refractivity contribution >= 4 is 28.9 Å². The summed E-state index contributed by atoms with van der Waals surface area (Å²) in [5.74, 6) is 0.375. The monoisotopic (exact) mass is 360 g/mol. The fourth-order valence-electron chi connectivity index (χ4n) is 2.70. The summed E-state index contributed by atoms with van der Waals surface area (Å²) in [6.45, 7) is 5.68. The number of rotatable bonds is 5. The Morgan fingerprint density at radius 1 is 1.20 bits per heavy atom. The van der Waals surface area contributed by atoms with Crippen LogP contribution >= 0.6 is 11.6 Å². The van der Waals surface area contributed by atoms with Gasteiger partial charge in [0.25, 0.3) is 5.91 Å². The molecule has 0 aromatic heterocycles. The van der Waals surface area contributed by atoms with E-state index in [4.69, 9.17) is 21.1 Å². The number of hydrogen-bond donors (Lipinski definition) is 1. The van der Waals surface area contributed by atoms with Crippen molar-refractivity contribution in [3.8, 4) is 5.75 Å². The van der Waals surface area contributed by atoms with Crippen molar-refractivity contribution in [1.82, 2.24) is 0 Å². The molecule has 0 radical (unpaired) electrons. The lowest BCUT2D eigenvalue weighted by Gasteiger charge is -2.28. The molecule has 0 unspecified atom stereocenters. The SMILES string of the molecule is CCOc1ccc(C(=O)Nc2ccc(N3CCOCC3)cc2)cc1Cl. The van der Waals surface area contributed by atoms with Gasteiger partial charge in [-0.25, -0.2) is 0 Å². The van der Waals surface area contributed by atoms with Crippen LogP contribution in [0.2, 0.25) is 5.02 Å². The van der Waals surface area contributed by atoms with Crippen LogP contribution in [0.15, 0.2) is 42.5 Å². The van der Waals surface area contributed by atoms with Gasteiger partial charge in [0.05, 0.1) is 24.8 Å². The molecular formula is C19H21ClN2O3. The van der Waals surface area contributed by atoms with Crippen LogP contribution in [-0.4, -0.2) is 38.8 Å². The molecule has 1 aliphatic rings. The van der Waals surface area contributed by atoms with E-state index < -0.39 is 0 Å². The molecule has 5 nitrogen and oxygen atoms in total. The number of nitrogens with zero attached hydrogens (tertiary/aromatic N) is 1. The van der Waals surface area contributed by atoms with E-state index in [9.17, 15) is 4.79 Å². The van der Waals surface area contributed by atoms with Gasteiger partial charge < -0.3 is 19.7 Å². The third kappa shape index (κ3) is 4.44. The Kier molecular flexibility index (Phi) is 5.79. The molecule has 6 heteroatoms. The van der Waals surface area contributed by atoms with E-state index in [1.165, 1.54) is 0 Å². The summed E-state index contributed by atoms with van der Waals surface area (Å²) in [6, 6.07) is 12.8. The summed E-state index contributed by atoms with van der Waals surface area (Å²) in [6.07, 6.45) is 0. The Morgan fingerprint density at radius 2 is 1.92 bits per heavy atom. The second kappa shape index (κ2) is 8.23. The Labute approximate surface area is 152 Å². The molecule has 0 aliphatic carbocycles. The molecule has 2 aromatic carbocycles. The van der Waals surface area contributed by atoms with Crippen LogP contribution in [0.1, 0.15) is 17.3 Å². The van der Waals surface area contributed by atoms with Crippen molar-refractivity contribution in [1.29, 1.82) is 0 Å². The van der Waals surface area contributed by atoms with Crippen molar-refractivity contribution in [2.75, 3.05) is 43.1 Å². The van der Waals surface area contributed by atoms with Gasteiger partial charge in [0.15, 0.2) is 0 Å². The van der Waals surface area contributed by atoms with Crippen molar-refractivity contribution < 1.29 is 14.3 Å². The molecule has 2 aromatic rings. The largest absolute Gasteiger partial charge is 0.492 e. The number of halogens is 1. The highest BCUT2D eigenvalue weighted by Gasteiger charge is 2.12. The smallest absolute Gasteiger partial charge is 0.255 e. The van der Waals surface area contributed by atoms with Gasteiger partial charge in [-0.2, -0.15) is 0 Å².